The predicted octanol–water partition coefficient (Wildman–Crippen LogP) is 4.60. The Morgan fingerprint density at radius 3 is 2.59 bits per heavy atom. The standard InChI is InChI=1S/C19H27BrO2/c1-18-10-8-15(21)17(20)14(18)4-3-11-12-5-6-16(22)19(12,2)9-7-13(11)18/h11-13,16,22H,3-10H2,1-2H3/t11-,12-,13-,16-,18+,19-/m0/s1. The number of ketones is 1. The minimum Gasteiger partial charge on any atom is -0.393 e. The third kappa shape index (κ3) is 1.84. The molecule has 3 saturated carbocycles. The van der Waals surface area contributed by atoms with Gasteiger partial charge in [-0.2, -0.15) is 0 Å². The molecule has 0 heterocycles. The van der Waals surface area contributed by atoms with Crippen LogP contribution in [0.2, 0.25) is 0 Å². The zero-order chi connectivity index (χ0) is 15.7. The Hall–Kier alpha value is -0.150. The van der Waals surface area contributed by atoms with Crippen LogP contribution in [0.15, 0.2) is 10.1 Å². The van der Waals surface area contributed by atoms with Crippen LogP contribution in [0.4, 0.5) is 0 Å². The third-order valence-corrected chi connectivity index (χ3v) is 8.92. The predicted molar refractivity (Wildman–Crippen MR) is 90.6 cm³/mol. The van der Waals surface area contributed by atoms with Gasteiger partial charge in [0.25, 0.3) is 0 Å². The lowest BCUT2D eigenvalue weighted by Gasteiger charge is -2.58. The highest BCUT2D eigenvalue weighted by Gasteiger charge is 2.59. The lowest BCUT2D eigenvalue weighted by Crippen LogP contribution is -2.51. The van der Waals surface area contributed by atoms with E-state index in [0.29, 0.717) is 24.0 Å². The Kier molecular flexibility index (Phi) is 3.44. The molecule has 122 valence electrons. The van der Waals surface area contributed by atoms with Crippen molar-refractivity contribution in [3.63, 3.8) is 0 Å². The minimum absolute atomic E-state index is 0.0946. The molecule has 4 rings (SSSR count). The van der Waals surface area contributed by atoms with Gasteiger partial charge >= 0.3 is 0 Å². The van der Waals surface area contributed by atoms with E-state index in [1.165, 1.54) is 24.8 Å². The van der Waals surface area contributed by atoms with Crippen LogP contribution >= 0.6 is 15.9 Å². The molecule has 0 aliphatic heterocycles. The van der Waals surface area contributed by atoms with Gasteiger partial charge in [0.15, 0.2) is 5.78 Å². The summed E-state index contributed by atoms with van der Waals surface area (Å²) in [6, 6.07) is 0. The molecule has 0 unspecified atom stereocenters. The molecule has 22 heavy (non-hydrogen) atoms. The summed E-state index contributed by atoms with van der Waals surface area (Å²) in [6.45, 7) is 4.75. The molecule has 4 aliphatic rings. The molecule has 0 bridgehead atoms. The average molecular weight is 367 g/mol. The van der Waals surface area contributed by atoms with E-state index in [2.05, 4.69) is 29.8 Å². The van der Waals surface area contributed by atoms with Gasteiger partial charge < -0.3 is 5.11 Å². The molecule has 4 aliphatic carbocycles. The first-order valence-electron chi connectivity index (χ1n) is 8.98. The normalized spacial score (nSPS) is 51.4. The Labute approximate surface area is 141 Å². The molecule has 2 nitrogen and oxygen atoms in total. The first kappa shape index (κ1) is 15.4. The van der Waals surface area contributed by atoms with Crippen molar-refractivity contribution in [1.29, 1.82) is 0 Å². The van der Waals surface area contributed by atoms with E-state index in [0.717, 1.165) is 36.1 Å². The summed E-state index contributed by atoms with van der Waals surface area (Å²) < 4.78 is 0.902. The van der Waals surface area contributed by atoms with Gasteiger partial charge in [0, 0.05) is 6.42 Å². The largest absolute Gasteiger partial charge is 0.393 e. The second-order valence-corrected chi connectivity index (χ2v) is 9.48. The number of Topliss-reactive ketones (excluding diaryl/α,β-unsaturated/α-hetero) is 1. The number of allylic oxidation sites excluding steroid dienone is 1. The average Bonchev–Trinajstić information content (AvgIpc) is 2.79. The van der Waals surface area contributed by atoms with Gasteiger partial charge in [-0.1, -0.05) is 13.8 Å². The Morgan fingerprint density at radius 2 is 1.82 bits per heavy atom. The van der Waals surface area contributed by atoms with E-state index in [1.807, 2.05) is 0 Å². The highest BCUT2D eigenvalue weighted by Crippen LogP contribution is 2.65. The molecule has 0 aromatic heterocycles. The number of aliphatic hydroxyl groups excluding tert-OH is 1. The van der Waals surface area contributed by atoms with Crippen LogP contribution < -0.4 is 0 Å². The molecule has 0 radical (unpaired) electrons. The monoisotopic (exact) mass is 366 g/mol. The van der Waals surface area contributed by atoms with E-state index < -0.39 is 0 Å². The lowest BCUT2D eigenvalue weighted by molar-refractivity contribution is -0.118. The number of rotatable bonds is 0. The molecule has 3 heteroatoms. The minimum atomic E-state index is -0.0946. The zero-order valence-electron chi connectivity index (χ0n) is 13.7. The SMILES string of the molecule is C[C@]12CC[C@H]3[C@@H](CCC4=C(Br)C(=O)CC[C@@]43C)[C@@H]1CC[C@@H]2O. The fourth-order valence-electron chi connectivity index (χ4n) is 6.62. The molecule has 0 spiro atoms. The second-order valence-electron chi connectivity index (χ2n) is 8.69. The summed E-state index contributed by atoms with van der Waals surface area (Å²) in [5.74, 6) is 2.46. The second kappa shape index (κ2) is 4.92. The van der Waals surface area contributed by atoms with Crippen LogP contribution in [0, 0.1) is 28.6 Å². The maximum Gasteiger partial charge on any atom is 0.169 e. The summed E-state index contributed by atoms with van der Waals surface area (Å²) >= 11 is 3.61. The molecule has 0 aromatic carbocycles. The first-order valence-corrected chi connectivity index (χ1v) is 9.77. The van der Waals surface area contributed by atoms with E-state index in [1.54, 1.807) is 0 Å². The van der Waals surface area contributed by atoms with Crippen LogP contribution in [0.3, 0.4) is 0 Å². The molecule has 3 fully saturated rings. The molecule has 0 amide bonds. The maximum absolute atomic E-state index is 12.1. The quantitative estimate of drug-likeness (QED) is 0.679. The Morgan fingerprint density at radius 1 is 1.05 bits per heavy atom. The Balaban J connectivity index is 1.72. The van der Waals surface area contributed by atoms with Crippen molar-refractivity contribution in [2.24, 2.45) is 28.6 Å². The lowest BCUT2D eigenvalue weighted by atomic mass is 9.47. The number of hydrogen-bond acceptors (Lipinski definition) is 2. The van der Waals surface area contributed by atoms with Crippen LogP contribution in [-0.2, 0) is 4.79 Å². The van der Waals surface area contributed by atoms with Crippen molar-refractivity contribution in [3.8, 4) is 0 Å². The van der Waals surface area contributed by atoms with Gasteiger partial charge in [-0.05, 0) is 95.0 Å². The number of aliphatic hydroxyl groups is 1. The number of halogens is 1. The summed E-state index contributed by atoms with van der Waals surface area (Å²) in [7, 11) is 0. The van der Waals surface area contributed by atoms with E-state index in [-0.39, 0.29) is 16.9 Å². The molecular weight excluding hydrogens is 340 g/mol. The van der Waals surface area contributed by atoms with Crippen molar-refractivity contribution in [2.75, 3.05) is 0 Å². The topological polar surface area (TPSA) is 37.3 Å². The molecular formula is C19H27BrO2. The van der Waals surface area contributed by atoms with Crippen molar-refractivity contribution in [2.45, 2.75) is 71.3 Å². The van der Waals surface area contributed by atoms with E-state index >= 15 is 0 Å². The van der Waals surface area contributed by atoms with Crippen LogP contribution in [0.5, 0.6) is 0 Å². The number of carbonyl (C=O) groups is 1. The van der Waals surface area contributed by atoms with Gasteiger partial charge in [-0.25, -0.2) is 0 Å². The number of carbonyl (C=O) groups excluding carboxylic acids is 1. The van der Waals surface area contributed by atoms with Crippen molar-refractivity contribution < 1.29 is 9.90 Å². The van der Waals surface area contributed by atoms with E-state index in [9.17, 15) is 9.90 Å². The van der Waals surface area contributed by atoms with Gasteiger partial charge in [0.1, 0.15) is 0 Å². The van der Waals surface area contributed by atoms with Crippen LogP contribution in [0.1, 0.15) is 65.2 Å². The van der Waals surface area contributed by atoms with Crippen LogP contribution in [0.25, 0.3) is 0 Å². The fourth-order valence-corrected chi connectivity index (χ4v) is 7.47. The molecule has 0 aromatic rings. The number of fused-ring (bicyclic) bond motifs is 5. The zero-order valence-corrected chi connectivity index (χ0v) is 15.3. The third-order valence-electron chi connectivity index (χ3n) is 8.00. The Bertz CT molecular complexity index is 554. The van der Waals surface area contributed by atoms with Gasteiger partial charge in [0.2, 0.25) is 0 Å². The fraction of sp³-hybridized carbons (Fsp3) is 0.842. The molecule has 6 atom stereocenters. The smallest absolute Gasteiger partial charge is 0.169 e. The van der Waals surface area contributed by atoms with Gasteiger partial charge in [-0.15, -0.1) is 0 Å². The highest BCUT2D eigenvalue weighted by atomic mass is 79.9. The van der Waals surface area contributed by atoms with Gasteiger partial charge in [0.05, 0.1) is 10.6 Å². The van der Waals surface area contributed by atoms with Crippen molar-refractivity contribution in [3.05, 3.63) is 10.1 Å². The van der Waals surface area contributed by atoms with Gasteiger partial charge in [-0.3, -0.25) is 4.79 Å². The summed E-state index contributed by atoms with van der Waals surface area (Å²) in [5.41, 5.74) is 1.78. The molecule has 1 N–H and O–H groups in total. The summed E-state index contributed by atoms with van der Waals surface area (Å²) in [4.78, 5) is 12.1. The first-order chi connectivity index (χ1) is 10.4. The maximum atomic E-state index is 12.1. The molecule has 0 saturated heterocycles. The highest BCUT2D eigenvalue weighted by molar-refractivity contribution is 9.12. The van der Waals surface area contributed by atoms with Crippen molar-refractivity contribution >= 4 is 21.7 Å². The van der Waals surface area contributed by atoms with Crippen LogP contribution in [-0.4, -0.2) is 17.0 Å². The van der Waals surface area contributed by atoms with E-state index in [4.69, 9.17) is 0 Å². The summed E-state index contributed by atoms with van der Waals surface area (Å²) in [5, 5.41) is 10.5. The van der Waals surface area contributed by atoms with Crippen molar-refractivity contribution in [1.82, 2.24) is 0 Å². The summed E-state index contributed by atoms with van der Waals surface area (Å²) in [6.07, 6.45) is 8.51. The number of hydrogen-bond donors (Lipinski definition) is 1.